The van der Waals surface area contributed by atoms with Crippen LogP contribution in [0.15, 0.2) is 30.6 Å². The molecule has 0 saturated carbocycles. The zero-order valence-electron chi connectivity index (χ0n) is 10.9. The number of aromatic hydroxyl groups is 1. The van der Waals surface area contributed by atoms with Crippen molar-refractivity contribution in [1.29, 1.82) is 0 Å². The van der Waals surface area contributed by atoms with E-state index in [1.807, 2.05) is 31.4 Å². The van der Waals surface area contributed by atoms with Crippen molar-refractivity contribution in [3.8, 4) is 5.75 Å². The minimum atomic E-state index is 0.207. The summed E-state index contributed by atoms with van der Waals surface area (Å²) in [5.41, 5.74) is 7.17. The molecule has 4 N–H and O–H groups in total. The third kappa shape index (κ3) is 4.78. The van der Waals surface area contributed by atoms with Crippen LogP contribution < -0.4 is 11.1 Å². The monoisotopic (exact) mass is 249 g/mol. The first kappa shape index (κ1) is 13.9. The van der Waals surface area contributed by atoms with Crippen molar-refractivity contribution >= 4 is 18.1 Å². The molecule has 0 unspecified atom stereocenters. The first-order chi connectivity index (χ1) is 8.49. The molecule has 0 heterocycles. The first-order valence-corrected chi connectivity index (χ1v) is 5.73. The fourth-order valence-corrected chi connectivity index (χ4v) is 1.37. The largest absolute Gasteiger partial charge is 0.508 e. The van der Waals surface area contributed by atoms with Crippen LogP contribution in [0.1, 0.15) is 0 Å². The van der Waals surface area contributed by atoms with Gasteiger partial charge in [0.25, 0.3) is 0 Å². The number of nitrogens with one attached hydrogen (secondary N) is 1. The Morgan fingerprint density at radius 2 is 2.28 bits per heavy atom. The number of benzene rings is 1. The van der Waals surface area contributed by atoms with E-state index in [2.05, 4.69) is 12.0 Å². The Balaban J connectivity index is 2.42. The second kappa shape index (κ2) is 6.54. The molecule has 18 heavy (non-hydrogen) atoms. The summed E-state index contributed by atoms with van der Waals surface area (Å²) in [4.78, 5) is 2.04. The molecule has 0 fully saturated rings. The molecule has 5 heteroatoms. The van der Waals surface area contributed by atoms with Crippen molar-refractivity contribution in [3.63, 3.8) is 0 Å². The van der Waals surface area contributed by atoms with Gasteiger partial charge in [-0.2, -0.15) is 0 Å². The van der Waals surface area contributed by atoms with Gasteiger partial charge in [0.2, 0.25) is 0 Å². The maximum Gasteiger partial charge on any atom is 0.183 e. The Morgan fingerprint density at radius 3 is 2.94 bits per heavy atom. The molecular formula is C13H21N4O+. The summed E-state index contributed by atoms with van der Waals surface area (Å²) in [5, 5.41) is 12.5. The Kier molecular flexibility index (Phi) is 5.05. The molecule has 5 nitrogen and oxygen atoms in total. The smallest absolute Gasteiger partial charge is 0.183 e. The third-order valence-electron chi connectivity index (χ3n) is 2.39. The Morgan fingerprint density at radius 1 is 1.56 bits per heavy atom. The van der Waals surface area contributed by atoms with Crippen molar-refractivity contribution in [1.82, 2.24) is 4.90 Å². The van der Waals surface area contributed by atoms with Crippen molar-refractivity contribution in [2.75, 3.05) is 38.2 Å². The number of hydrogen-bond donors (Lipinski definition) is 3. The summed E-state index contributed by atoms with van der Waals surface area (Å²) in [6.07, 6.45) is 3.82. The number of rotatable bonds is 6. The normalized spacial score (nSPS) is 10.6. The molecule has 0 aromatic heterocycles. The second-order valence-electron chi connectivity index (χ2n) is 4.23. The van der Waals surface area contributed by atoms with E-state index in [4.69, 9.17) is 5.73 Å². The summed E-state index contributed by atoms with van der Waals surface area (Å²) >= 11 is 0. The second-order valence-corrected chi connectivity index (χ2v) is 4.23. The van der Waals surface area contributed by atoms with E-state index >= 15 is 0 Å². The zero-order chi connectivity index (χ0) is 13.5. The predicted octanol–water partition coefficient (Wildman–Crippen LogP) is 1.13. The molecule has 1 aromatic carbocycles. The Labute approximate surface area is 108 Å². The van der Waals surface area contributed by atoms with E-state index < -0.39 is 0 Å². The van der Waals surface area contributed by atoms with Crippen LogP contribution in [-0.4, -0.2) is 48.5 Å². The van der Waals surface area contributed by atoms with Gasteiger partial charge in [0.15, 0.2) is 6.20 Å². The van der Waals surface area contributed by atoms with Crippen LogP contribution in [0, 0.1) is 0 Å². The Bertz CT molecular complexity index is 443. The number of anilines is 2. The van der Waals surface area contributed by atoms with Crippen LogP contribution >= 0.6 is 0 Å². The summed E-state index contributed by atoms with van der Waals surface area (Å²) in [6.45, 7) is 5.27. The lowest BCUT2D eigenvalue weighted by molar-refractivity contribution is -0.412. The van der Waals surface area contributed by atoms with Crippen molar-refractivity contribution in [3.05, 3.63) is 30.6 Å². The zero-order valence-corrected chi connectivity index (χ0v) is 10.9. The van der Waals surface area contributed by atoms with Gasteiger partial charge in [0.1, 0.15) is 19.5 Å². The fraction of sp³-hybridized carbons (Fsp3) is 0.308. The van der Waals surface area contributed by atoms with Crippen molar-refractivity contribution in [2.24, 2.45) is 0 Å². The van der Waals surface area contributed by atoms with Crippen LogP contribution in [0.5, 0.6) is 5.75 Å². The van der Waals surface area contributed by atoms with E-state index in [0.717, 1.165) is 18.8 Å². The molecule has 0 amide bonds. The average Bonchev–Trinajstić information content (AvgIpc) is 2.31. The number of likely N-dealkylation sites (N-methyl/N-ethyl adjacent to an activating group) is 1. The minimum absolute atomic E-state index is 0.207. The number of nitrogens with two attached hydrogens (primary N) is 1. The molecule has 0 bridgehead atoms. The lowest BCUT2D eigenvalue weighted by Crippen LogP contribution is -2.20. The molecular weight excluding hydrogens is 228 g/mol. The SMILES string of the molecule is C=[N+](C)/C=C\N(C)CCNc1cc(O)ccc1N. The molecule has 0 aliphatic heterocycles. The maximum atomic E-state index is 9.36. The van der Waals surface area contributed by atoms with Gasteiger partial charge in [-0.05, 0) is 12.1 Å². The first-order valence-electron chi connectivity index (χ1n) is 5.73. The molecule has 98 valence electrons. The van der Waals surface area contributed by atoms with Crippen molar-refractivity contribution < 1.29 is 9.68 Å². The molecule has 0 atom stereocenters. The highest BCUT2D eigenvalue weighted by Gasteiger charge is 2.00. The van der Waals surface area contributed by atoms with Gasteiger partial charge < -0.3 is 21.1 Å². The van der Waals surface area contributed by atoms with Gasteiger partial charge in [-0.3, -0.25) is 0 Å². The lowest BCUT2D eigenvalue weighted by atomic mass is 10.2. The van der Waals surface area contributed by atoms with Gasteiger partial charge >= 0.3 is 0 Å². The molecule has 0 saturated heterocycles. The molecule has 0 spiro atoms. The van der Waals surface area contributed by atoms with Crippen LogP contribution in [-0.2, 0) is 0 Å². The lowest BCUT2D eigenvalue weighted by Gasteiger charge is -2.15. The molecule has 0 aliphatic carbocycles. The highest BCUT2D eigenvalue weighted by Crippen LogP contribution is 2.23. The van der Waals surface area contributed by atoms with E-state index in [-0.39, 0.29) is 5.75 Å². The number of nitrogens with zero attached hydrogens (tertiary/aromatic N) is 2. The number of nitrogen functional groups attached to an aromatic ring is 1. The molecule has 0 radical (unpaired) electrons. The summed E-state index contributed by atoms with van der Waals surface area (Å²) in [7, 11) is 3.85. The van der Waals surface area contributed by atoms with Gasteiger partial charge in [-0.1, -0.05) is 0 Å². The highest BCUT2D eigenvalue weighted by molar-refractivity contribution is 5.67. The summed E-state index contributed by atoms with van der Waals surface area (Å²) in [5.74, 6) is 0.207. The number of hydrogen-bond acceptors (Lipinski definition) is 4. The topological polar surface area (TPSA) is 64.5 Å². The Hall–Kier alpha value is -2.17. The van der Waals surface area contributed by atoms with Gasteiger partial charge in [0.05, 0.1) is 17.6 Å². The van der Waals surface area contributed by atoms with E-state index in [1.165, 1.54) is 0 Å². The highest BCUT2D eigenvalue weighted by atomic mass is 16.3. The summed E-state index contributed by atoms with van der Waals surface area (Å²) < 4.78 is 1.73. The van der Waals surface area contributed by atoms with E-state index in [0.29, 0.717) is 5.69 Å². The average molecular weight is 249 g/mol. The fourth-order valence-electron chi connectivity index (χ4n) is 1.37. The maximum absolute atomic E-state index is 9.36. The van der Waals surface area contributed by atoms with Crippen LogP contribution in [0.25, 0.3) is 0 Å². The van der Waals surface area contributed by atoms with Crippen LogP contribution in [0.4, 0.5) is 11.4 Å². The summed E-state index contributed by atoms with van der Waals surface area (Å²) in [6, 6.07) is 4.87. The number of phenolic OH excluding ortho intramolecular Hbond substituents is 1. The predicted molar refractivity (Wildman–Crippen MR) is 76.1 cm³/mol. The molecule has 1 aromatic rings. The minimum Gasteiger partial charge on any atom is -0.508 e. The van der Waals surface area contributed by atoms with Gasteiger partial charge in [-0.25, -0.2) is 4.58 Å². The molecule has 0 aliphatic rings. The van der Waals surface area contributed by atoms with E-state index in [1.54, 1.807) is 22.8 Å². The standard InChI is InChI=1S/C13H20N4O/c1-16(2)8-9-17(3)7-6-15-13-10-11(18)4-5-12(13)14/h4-5,8-10,15H,1,6-7,14H2,2-3H3/p+1/b9-8-. The molecule has 1 rings (SSSR count). The van der Waals surface area contributed by atoms with Gasteiger partial charge in [-0.15, -0.1) is 0 Å². The number of phenols is 1. The quantitative estimate of drug-likeness (QED) is 0.306. The third-order valence-corrected chi connectivity index (χ3v) is 2.39. The van der Waals surface area contributed by atoms with E-state index in [9.17, 15) is 5.11 Å². The van der Waals surface area contributed by atoms with Gasteiger partial charge in [0, 0.05) is 26.2 Å². The van der Waals surface area contributed by atoms with Crippen LogP contribution in [0.2, 0.25) is 0 Å². The van der Waals surface area contributed by atoms with Crippen molar-refractivity contribution in [2.45, 2.75) is 0 Å². The van der Waals surface area contributed by atoms with Crippen LogP contribution in [0.3, 0.4) is 0 Å².